The van der Waals surface area contributed by atoms with Crippen molar-refractivity contribution in [2.45, 2.75) is 24.4 Å². The first kappa shape index (κ1) is 12.8. The lowest BCUT2D eigenvalue weighted by Gasteiger charge is -2.25. The molecule has 1 amide bonds. The summed E-state index contributed by atoms with van der Waals surface area (Å²) < 4.78 is 0. The first-order chi connectivity index (χ1) is 7.44. The van der Waals surface area contributed by atoms with Gasteiger partial charge in [0, 0.05) is 0 Å². The number of primary amides is 1. The van der Waals surface area contributed by atoms with Crippen LogP contribution in [0, 0.1) is 0 Å². The van der Waals surface area contributed by atoms with Crippen LogP contribution in [-0.4, -0.2) is 42.1 Å². The predicted octanol–water partition coefficient (Wildman–Crippen LogP) is -2.98. The Bertz CT molecular complexity index is 325. The van der Waals surface area contributed by atoms with Gasteiger partial charge in [-0.1, -0.05) is 0 Å². The van der Waals surface area contributed by atoms with E-state index in [1.807, 2.05) is 0 Å². The molecule has 0 aliphatic carbocycles. The fraction of sp³-hybridized carbons (Fsp3) is 0.667. The van der Waals surface area contributed by atoms with Crippen LogP contribution in [0.4, 0.5) is 0 Å². The summed E-state index contributed by atoms with van der Waals surface area (Å²) in [4.78, 5) is 34.6. The van der Waals surface area contributed by atoms with Crippen molar-refractivity contribution in [2.75, 3.05) is 13.1 Å². The molecule has 7 N–H and O–H groups in total. The average molecular weight is 228 g/mol. The van der Waals surface area contributed by atoms with Crippen LogP contribution < -0.4 is 22.5 Å². The van der Waals surface area contributed by atoms with Crippen LogP contribution in [0.1, 0.15) is 12.8 Å². The second kappa shape index (κ2) is 4.69. The molecule has 0 bridgehead atoms. The fourth-order valence-corrected chi connectivity index (χ4v) is 1.74. The molecule has 1 aliphatic heterocycles. The van der Waals surface area contributed by atoms with Crippen LogP contribution in [0.5, 0.6) is 0 Å². The second-order valence-corrected chi connectivity index (χ2v) is 3.81. The van der Waals surface area contributed by atoms with Crippen LogP contribution in [0.3, 0.4) is 0 Å². The van der Waals surface area contributed by atoms with Gasteiger partial charge < -0.3 is 22.5 Å². The monoisotopic (exact) mass is 228 g/mol. The summed E-state index contributed by atoms with van der Waals surface area (Å²) in [7, 11) is 0. The molecular formula is C9H16N4O3. The SMILES string of the molecule is NCC(=O)C(N)(C(N)=O)C(=O)C1CCCN1. The van der Waals surface area contributed by atoms with Gasteiger partial charge in [0.25, 0.3) is 5.91 Å². The van der Waals surface area contributed by atoms with Gasteiger partial charge in [0.15, 0.2) is 11.6 Å². The molecule has 0 aromatic rings. The number of hydrogen-bond donors (Lipinski definition) is 4. The summed E-state index contributed by atoms with van der Waals surface area (Å²) in [6.07, 6.45) is 1.34. The Balaban J connectivity index is 2.96. The van der Waals surface area contributed by atoms with Crippen molar-refractivity contribution in [1.82, 2.24) is 5.32 Å². The van der Waals surface area contributed by atoms with Crippen LogP contribution in [0.25, 0.3) is 0 Å². The van der Waals surface area contributed by atoms with E-state index in [1.165, 1.54) is 0 Å². The van der Waals surface area contributed by atoms with Gasteiger partial charge in [-0.25, -0.2) is 0 Å². The zero-order valence-electron chi connectivity index (χ0n) is 8.86. The number of rotatable bonds is 5. The van der Waals surface area contributed by atoms with Crippen molar-refractivity contribution < 1.29 is 14.4 Å². The number of nitrogens with one attached hydrogen (secondary N) is 1. The largest absolute Gasteiger partial charge is 0.367 e. The Morgan fingerprint density at radius 3 is 2.38 bits per heavy atom. The zero-order valence-corrected chi connectivity index (χ0v) is 8.86. The van der Waals surface area contributed by atoms with E-state index in [4.69, 9.17) is 17.2 Å². The van der Waals surface area contributed by atoms with Crippen molar-refractivity contribution in [3.63, 3.8) is 0 Å². The van der Waals surface area contributed by atoms with Crippen LogP contribution in [-0.2, 0) is 14.4 Å². The van der Waals surface area contributed by atoms with Gasteiger partial charge >= 0.3 is 0 Å². The minimum absolute atomic E-state index is 0.488. The molecule has 1 rings (SSSR count). The zero-order chi connectivity index (χ0) is 12.3. The number of carbonyl (C=O) groups excluding carboxylic acids is 3. The Kier molecular flexibility index (Phi) is 3.74. The highest BCUT2D eigenvalue weighted by molar-refractivity contribution is 6.29. The smallest absolute Gasteiger partial charge is 0.253 e. The Morgan fingerprint density at radius 2 is 2.00 bits per heavy atom. The molecule has 0 radical (unpaired) electrons. The van der Waals surface area contributed by atoms with Gasteiger partial charge in [-0.05, 0) is 19.4 Å². The third-order valence-corrected chi connectivity index (χ3v) is 2.78. The number of ketones is 2. The van der Waals surface area contributed by atoms with Crippen LogP contribution in [0.2, 0.25) is 0 Å². The van der Waals surface area contributed by atoms with Gasteiger partial charge in [-0.15, -0.1) is 0 Å². The van der Waals surface area contributed by atoms with Crippen LogP contribution in [0.15, 0.2) is 0 Å². The highest BCUT2D eigenvalue weighted by atomic mass is 16.2. The topological polar surface area (TPSA) is 141 Å². The van der Waals surface area contributed by atoms with Crippen molar-refractivity contribution in [2.24, 2.45) is 17.2 Å². The van der Waals surface area contributed by atoms with E-state index >= 15 is 0 Å². The molecule has 1 heterocycles. The summed E-state index contributed by atoms with van der Waals surface area (Å²) in [6.45, 7) is 0.167. The minimum Gasteiger partial charge on any atom is -0.367 e. The first-order valence-electron chi connectivity index (χ1n) is 5.04. The Hall–Kier alpha value is -1.31. The molecule has 0 saturated carbocycles. The molecule has 0 aromatic heterocycles. The number of Topliss-reactive ketones (excluding diaryl/α,β-unsaturated/α-hetero) is 2. The molecule has 1 fully saturated rings. The van der Waals surface area contributed by atoms with Crippen LogP contribution >= 0.6 is 0 Å². The lowest BCUT2D eigenvalue weighted by molar-refractivity contribution is -0.142. The molecule has 0 spiro atoms. The molecule has 7 heteroatoms. The predicted molar refractivity (Wildman–Crippen MR) is 56.2 cm³/mol. The first-order valence-corrected chi connectivity index (χ1v) is 5.04. The molecule has 1 aliphatic rings. The lowest BCUT2D eigenvalue weighted by Crippen LogP contribution is -2.68. The summed E-state index contributed by atoms with van der Waals surface area (Å²) in [5.74, 6) is -2.69. The van der Waals surface area contributed by atoms with Crippen molar-refractivity contribution in [1.29, 1.82) is 0 Å². The molecule has 16 heavy (non-hydrogen) atoms. The third kappa shape index (κ3) is 1.97. The second-order valence-electron chi connectivity index (χ2n) is 3.81. The maximum absolute atomic E-state index is 11.9. The van der Waals surface area contributed by atoms with Gasteiger partial charge in [-0.2, -0.15) is 0 Å². The van der Waals surface area contributed by atoms with Gasteiger partial charge in [0.2, 0.25) is 5.54 Å². The van der Waals surface area contributed by atoms with Gasteiger partial charge in [0.1, 0.15) is 0 Å². The molecule has 90 valence electrons. The third-order valence-electron chi connectivity index (χ3n) is 2.78. The number of carbonyl (C=O) groups is 3. The molecular weight excluding hydrogens is 212 g/mol. The molecule has 7 nitrogen and oxygen atoms in total. The maximum Gasteiger partial charge on any atom is 0.253 e. The molecule has 1 saturated heterocycles. The molecule has 2 atom stereocenters. The van der Waals surface area contributed by atoms with Crippen molar-refractivity contribution in [3.8, 4) is 0 Å². The van der Waals surface area contributed by atoms with Gasteiger partial charge in [0.05, 0.1) is 12.6 Å². The van der Waals surface area contributed by atoms with E-state index in [0.29, 0.717) is 13.0 Å². The van der Waals surface area contributed by atoms with E-state index in [2.05, 4.69) is 5.32 Å². The molecule has 0 aromatic carbocycles. The lowest BCUT2D eigenvalue weighted by atomic mass is 9.85. The number of hydrogen-bond acceptors (Lipinski definition) is 6. The van der Waals surface area contributed by atoms with E-state index in [0.717, 1.165) is 6.42 Å². The Morgan fingerprint density at radius 1 is 1.38 bits per heavy atom. The number of nitrogens with two attached hydrogens (primary N) is 3. The standard InChI is InChI=1S/C9H16N4O3/c10-4-6(14)9(12,8(11)16)7(15)5-2-1-3-13-5/h5,13H,1-4,10,12H2,(H2,11,16). The van der Waals surface area contributed by atoms with E-state index in [1.54, 1.807) is 0 Å². The fourth-order valence-electron chi connectivity index (χ4n) is 1.74. The normalized spacial score (nSPS) is 23.8. The highest BCUT2D eigenvalue weighted by Gasteiger charge is 2.49. The van der Waals surface area contributed by atoms with E-state index in [9.17, 15) is 14.4 Å². The summed E-state index contributed by atoms with van der Waals surface area (Å²) in [6, 6.07) is -0.590. The summed E-state index contributed by atoms with van der Waals surface area (Å²) >= 11 is 0. The van der Waals surface area contributed by atoms with E-state index < -0.39 is 35.6 Å². The van der Waals surface area contributed by atoms with Crippen molar-refractivity contribution in [3.05, 3.63) is 0 Å². The quantitative estimate of drug-likeness (QED) is 0.370. The Labute approximate surface area is 92.7 Å². The van der Waals surface area contributed by atoms with Gasteiger partial charge in [-0.3, -0.25) is 14.4 Å². The highest BCUT2D eigenvalue weighted by Crippen LogP contribution is 2.14. The average Bonchev–Trinajstić information content (AvgIpc) is 2.78. The maximum atomic E-state index is 11.9. The summed E-state index contributed by atoms with van der Waals surface area (Å²) in [5.41, 5.74) is 13.4. The number of amides is 1. The van der Waals surface area contributed by atoms with E-state index in [-0.39, 0.29) is 0 Å². The summed E-state index contributed by atoms with van der Waals surface area (Å²) in [5, 5.41) is 2.87. The van der Waals surface area contributed by atoms with Crippen molar-refractivity contribution >= 4 is 17.5 Å². The minimum atomic E-state index is -2.29. The molecule has 2 unspecified atom stereocenters.